The van der Waals surface area contributed by atoms with Gasteiger partial charge in [-0.25, -0.2) is 0 Å². The molecule has 0 atom stereocenters. The summed E-state index contributed by atoms with van der Waals surface area (Å²) < 4.78 is 236. The lowest BCUT2D eigenvalue weighted by atomic mass is 10.0. The summed E-state index contributed by atoms with van der Waals surface area (Å²) in [6, 6.07) is -12.5. The van der Waals surface area contributed by atoms with Crippen LogP contribution in [-0.4, -0.2) is 9.13 Å². The van der Waals surface area contributed by atoms with E-state index in [0.717, 1.165) is 4.57 Å². The van der Waals surface area contributed by atoms with E-state index in [2.05, 4.69) is 0 Å². The van der Waals surface area contributed by atoms with Crippen molar-refractivity contribution in [2.75, 3.05) is 0 Å². The first kappa shape index (κ1) is 13.1. The van der Waals surface area contributed by atoms with Gasteiger partial charge in [-0.05, 0) is 88.8 Å². The predicted octanol–water partition coefficient (Wildman–Crippen LogP) is 13.1. The van der Waals surface area contributed by atoms with Gasteiger partial charge in [0.15, 0.2) is 5.58 Å². The van der Waals surface area contributed by atoms with Gasteiger partial charge in [0.2, 0.25) is 0 Å². The smallest absolute Gasteiger partial charge is 0.159 e. The second kappa shape index (κ2) is 10.8. The Morgan fingerprint density at radius 2 is 0.941 bits per heavy atom. The monoisotopic (exact) mass is 675 g/mol. The summed E-state index contributed by atoms with van der Waals surface area (Å²) >= 11 is 0. The van der Waals surface area contributed by atoms with Crippen LogP contribution in [0.2, 0.25) is 0 Å². The number of furan rings is 1. The zero-order valence-electron chi connectivity index (χ0n) is 50.7. The predicted molar refractivity (Wildman–Crippen MR) is 213 cm³/mol. The molecular weight excluding hydrogens is 621 g/mol. The molecule has 0 aliphatic heterocycles. The van der Waals surface area contributed by atoms with Gasteiger partial charge in [-0.3, -0.25) is 0 Å². The molecule has 0 saturated carbocycles. The van der Waals surface area contributed by atoms with Crippen LogP contribution in [0.3, 0.4) is 0 Å². The lowest BCUT2D eigenvalue weighted by Gasteiger charge is -2.12. The van der Waals surface area contributed by atoms with E-state index in [4.69, 9.17) is 25.0 Å². The number of benzene rings is 8. The molecule has 8 aromatic carbocycles. The van der Waals surface area contributed by atoms with E-state index in [-0.39, 0.29) is 27.5 Å². The van der Waals surface area contributed by atoms with Gasteiger partial charge < -0.3 is 13.6 Å². The van der Waals surface area contributed by atoms with Crippen LogP contribution in [0.25, 0.3) is 99.2 Å². The first-order chi connectivity index (χ1) is 35.7. The van der Waals surface area contributed by atoms with Crippen LogP contribution in [0.4, 0.5) is 0 Å². The molecule has 0 radical (unpaired) electrons. The Bertz CT molecular complexity index is 4550. The molecule has 0 fully saturated rings. The van der Waals surface area contributed by atoms with Gasteiger partial charge in [-0.15, -0.1) is 0 Å². The van der Waals surface area contributed by atoms with Gasteiger partial charge in [0.1, 0.15) is 5.58 Å². The molecule has 0 N–H and O–H groups in total. The summed E-state index contributed by atoms with van der Waals surface area (Å²) in [7, 11) is 0. The van der Waals surface area contributed by atoms with Crippen LogP contribution < -0.4 is 0 Å². The molecule has 0 bridgehead atoms. The van der Waals surface area contributed by atoms with Crippen molar-refractivity contribution in [1.29, 1.82) is 0 Å². The molecule has 238 valence electrons. The highest BCUT2D eigenvalue weighted by molar-refractivity contribution is 6.15. The van der Waals surface area contributed by atoms with Gasteiger partial charge in [-0.1, -0.05) is 115 Å². The maximum Gasteiger partial charge on any atom is 0.159 e. The average Bonchev–Trinajstić information content (AvgIpc) is 4.23. The molecule has 0 saturated heterocycles. The molecule has 0 spiro atoms. The lowest BCUT2D eigenvalue weighted by Crippen LogP contribution is -1.95. The van der Waals surface area contributed by atoms with Gasteiger partial charge >= 0.3 is 0 Å². The molecule has 3 heterocycles. The molecule has 0 aliphatic carbocycles. The van der Waals surface area contributed by atoms with Crippen molar-refractivity contribution in [3.05, 3.63) is 181 Å². The zero-order chi connectivity index (χ0) is 55.2. The summed E-state index contributed by atoms with van der Waals surface area (Å²) in [6.45, 7) is 0. The Labute approximate surface area is 329 Å². The number of hydrogen-bond acceptors (Lipinski definition) is 1. The summed E-state index contributed by atoms with van der Waals surface area (Å²) in [4.78, 5) is 0. The van der Waals surface area contributed by atoms with E-state index in [1.807, 2.05) is 0 Å². The summed E-state index contributed by atoms with van der Waals surface area (Å²) in [5.74, 6) is 0. The molecular formula is C48H30N2O. The van der Waals surface area contributed by atoms with E-state index in [9.17, 15) is 13.7 Å². The highest BCUT2D eigenvalue weighted by Gasteiger charge is 2.20. The van der Waals surface area contributed by atoms with Crippen LogP contribution in [0.5, 0.6) is 0 Å². The van der Waals surface area contributed by atoms with Gasteiger partial charge in [0.25, 0.3) is 0 Å². The third-order valence-corrected chi connectivity index (χ3v) is 8.60. The number of aromatic nitrogens is 2. The molecule has 3 heteroatoms. The van der Waals surface area contributed by atoms with E-state index in [1.165, 1.54) is 4.57 Å². The van der Waals surface area contributed by atoms with Crippen molar-refractivity contribution in [1.82, 2.24) is 9.13 Å². The summed E-state index contributed by atoms with van der Waals surface area (Å²) in [5.41, 5.74) is -6.24. The Kier molecular flexibility index (Phi) is 2.79. The SMILES string of the molecule is [2H]c1c([2H])c([2H])c(-c2c([2H])c(-n3c4c([2H])c([2H])c([2H])c([2H])c4c4c([2H])c(-c5c([2H])c([2H])c6c(c5[2H])c5c([2H])c([2H])c([2H])c([2H])c5n6-c5ccccc5)c([2H])c([2H])c43)c3oc4c([2H])c([2H])c([2H])c([2H])c4c3c2[2H])c([2H])c1[2H]. The number of fused-ring (bicyclic) bond motifs is 9. The molecule has 11 rings (SSSR count). The second-order valence-electron chi connectivity index (χ2n) is 11.4. The highest BCUT2D eigenvalue weighted by atomic mass is 16.3. The fourth-order valence-electron chi connectivity index (χ4n) is 6.43. The number of hydrogen-bond donors (Lipinski definition) is 0. The van der Waals surface area contributed by atoms with Crippen molar-refractivity contribution in [3.8, 4) is 33.6 Å². The molecule has 0 amide bonds. The van der Waals surface area contributed by atoms with Gasteiger partial charge in [0.05, 0.1) is 62.0 Å². The third kappa shape index (κ3) is 4.19. The molecule has 3 aromatic heterocycles. The average molecular weight is 676 g/mol. The number of nitrogens with zero attached hydrogens (tertiary/aromatic N) is 2. The van der Waals surface area contributed by atoms with Crippen molar-refractivity contribution in [3.63, 3.8) is 0 Å². The minimum absolute atomic E-state index is 0.170. The number of para-hydroxylation sites is 4. The Balaban J connectivity index is 1.39. The van der Waals surface area contributed by atoms with Crippen molar-refractivity contribution in [2.45, 2.75) is 0 Å². The van der Waals surface area contributed by atoms with Crippen LogP contribution in [0.15, 0.2) is 186 Å². The highest BCUT2D eigenvalue weighted by Crippen LogP contribution is 2.42. The minimum Gasteiger partial charge on any atom is -0.454 e. The lowest BCUT2D eigenvalue weighted by molar-refractivity contribution is 0.666. The third-order valence-electron chi connectivity index (χ3n) is 8.60. The first-order valence-electron chi connectivity index (χ1n) is 27.9. The fraction of sp³-hybridized carbons (Fsp3) is 0. The Morgan fingerprint density at radius 1 is 0.392 bits per heavy atom. The van der Waals surface area contributed by atoms with E-state index in [1.54, 1.807) is 30.3 Å². The molecule has 3 nitrogen and oxygen atoms in total. The van der Waals surface area contributed by atoms with Gasteiger partial charge in [0, 0.05) is 38.0 Å². The molecule has 0 unspecified atom stereocenters. The summed E-state index contributed by atoms with van der Waals surface area (Å²) in [6.07, 6.45) is 0. The Hall–Kier alpha value is -6.84. The van der Waals surface area contributed by atoms with Gasteiger partial charge in [-0.2, -0.15) is 0 Å². The molecule has 0 aliphatic rings. The zero-order valence-corrected chi connectivity index (χ0v) is 25.7. The Morgan fingerprint density at radius 3 is 1.65 bits per heavy atom. The number of rotatable bonds is 4. The van der Waals surface area contributed by atoms with Crippen LogP contribution in [-0.2, 0) is 0 Å². The first-order valence-corrected chi connectivity index (χ1v) is 15.4. The maximum atomic E-state index is 9.99. The van der Waals surface area contributed by atoms with E-state index in [0.29, 0.717) is 0 Å². The normalized spacial score (nSPS) is 18.8. The quantitative estimate of drug-likeness (QED) is 0.182. The standard InChI is InChI=1S/C48H30N2O/c1-3-13-31(14-4-1)34-29-41-38-19-9-12-22-47(38)51-48(41)46(30-34)50-43-21-11-8-18-37(43)40-28-33(24-26-45(40)50)32-23-25-44-39(27-32)36-17-7-10-20-42(36)49(44)35-15-5-2-6-16-35/h1-30H/i1D,3D,4D,7D,8D,9D,10D,11D,12D,13D,14D,17D,18D,19D,20D,21D,22D,23D,24D,25D,26D,27D,28D,29D,30D. The van der Waals surface area contributed by atoms with Crippen LogP contribution >= 0.6 is 0 Å². The maximum absolute atomic E-state index is 9.99. The molecule has 51 heavy (non-hydrogen) atoms. The van der Waals surface area contributed by atoms with E-state index >= 15 is 0 Å². The van der Waals surface area contributed by atoms with E-state index < -0.39 is 223 Å². The fourth-order valence-corrected chi connectivity index (χ4v) is 6.43. The van der Waals surface area contributed by atoms with Crippen molar-refractivity contribution >= 4 is 65.6 Å². The van der Waals surface area contributed by atoms with Crippen molar-refractivity contribution < 1.29 is 38.7 Å². The van der Waals surface area contributed by atoms with Crippen molar-refractivity contribution in [2.24, 2.45) is 0 Å². The summed E-state index contributed by atoms with van der Waals surface area (Å²) in [5, 5.41) is -2.71. The topological polar surface area (TPSA) is 23.0 Å². The molecule has 11 aromatic rings. The minimum atomic E-state index is -0.971. The van der Waals surface area contributed by atoms with Crippen LogP contribution in [0, 0.1) is 0 Å². The largest absolute Gasteiger partial charge is 0.454 e. The second-order valence-corrected chi connectivity index (χ2v) is 11.4. The van der Waals surface area contributed by atoms with Crippen LogP contribution in [0.1, 0.15) is 34.3 Å².